The zero-order valence-electron chi connectivity index (χ0n) is 14.7. The second-order valence-electron chi connectivity index (χ2n) is 6.76. The lowest BCUT2D eigenvalue weighted by atomic mass is 9.87. The molecule has 2 aromatic carbocycles. The molecule has 0 aliphatic rings. The molecular formula is C20H23NO4. The number of carbonyl (C=O) groups is 2. The standard InChI is InChI=1S/C20H23NO4/c1-20(2,3)15-10-8-14(9-11-15)12-25-18(22)13-24-17-7-5-4-6-16(17)19(21)23/h4-11H,12-13H2,1-3H3,(H2,21,23). The second-order valence-corrected chi connectivity index (χ2v) is 6.76. The number of ether oxygens (including phenoxy) is 2. The van der Waals surface area contributed by atoms with Crippen LogP contribution in [0.3, 0.4) is 0 Å². The van der Waals surface area contributed by atoms with E-state index in [-0.39, 0.29) is 29.9 Å². The average molecular weight is 341 g/mol. The molecule has 0 heterocycles. The lowest BCUT2D eigenvalue weighted by Gasteiger charge is -2.19. The van der Waals surface area contributed by atoms with Gasteiger partial charge >= 0.3 is 5.97 Å². The van der Waals surface area contributed by atoms with E-state index >= 15 is 0 Å². The smallest absolute Gasteiger partial charge is 0.344 e. The number of esters is 1. The Balaban J connectivity index is 1.86. The van der Waals surface area contributed by atoms with E-state index in [1.165, 1.54) is 5.56 Å². The Morgan fingerprint density at radius 1 is 1.00 bits per heavy atom. The maximum Gasteiger partial charge on any atom is 0.344 e. The summed E-state index contributed by atoms with van der Waals surface area (Å²) in [6, 6.07) is 14.4. The van der Waals surface area contributed by atoms with Crippen LogP contribution in [-0.4, -0.2) is 18.5 Å². The summed E-state index contributed by atoms with van der Waals surface area (Å²) in [6.07, 6.45) is 0. The molecule has 0 saturated carbocycles. The Kier molecular flexibility index (Phi) is 5.80. The number of benzene rings is 2. The zero-order chi connectivity index (χ0) is 18.4. The van der Waals surface area contributed by atoms with E-state index in [4.69, 9.17) is 15.2 Å². The van der Waals surface area contributed by atoms with E-state index in [1.807, 2.05) is 24.3 Å². The number of para-hydroxylation sites is 1. The summed E-state index contributed by atoms with van der Waals surface area (Å²) in [6.45, 7) is 6.31. The van der Waals surface area contributed by atoms with Crippen LogP contribution in [0, 0.1) is 0 Å². The normalized spacial score (nSPS) is 11.0. The molecule has 2 rings (SSSR count). The molecule has 25 heavy (non-hydrogen) atoms. The Labute approximate surface area is 147 Å². The number of hydrogen-bond donors (Lipinski definition) is 1. The largest absolute Gasteiger partial charge is 0.481 e. The van der Waals surface area contributed by atoms with Crippen LogP contribution < -0.4 is 10.5 Å². The number of amides is 1. The summed E-state index contributed by atoms with van der Waals surface area (Å²) in [5.41, 5.74) is 7.69. The minimum atomic E-state index is -0.608. The Bertz CT molecular complexity index is 745. The van der Waals surface area contributed by atoms with Gasteiger partial charge in [0, 0.05) is 0 Å². The SMILES string of the molecule is CC(C)(C)c1ccc(COC(=O)COc2ccccc2C(N)=O)cc1. The van der Waals surface area contributed by atoms with E-state index in [1.54, 1.807) is 24.3 Å². The van der Waals surface area contributed by atoms with Gasteiger partial charge in [0.05, 0.1) is 5.56 Å². The van der Waals surface area contributed by atoms with Crippen molar-refractivity contribution in [3.05, 3.63) is 65.2 Å². The Morgan fingerprint density at radius 2 is 1.64 bits per heavy atom. The van der Waals surface area contributed by atoms with Gasteiger partial charge in [-0.25, -0.2) is 4.79 Å². The highest BCUT2D eigenvalue weighted by atomic mass is 16.6. The first-order valence-corrected chi connectivity index (χ1v) is 8.04. The van der Waals surface area contributed by atoms with Crippen molar-refractivity contribution < 1.29 is 19.1 Å². The molecule has 0 atom stereocenters. The molecule has 5 heteroatoms. The highest BCUT2D eigenvalue weighted by Crippen LogP contribution is 2.22. The van der Waals surface area contributed by atoms with Crippen LogP contribution in [0.4, 0.5) is 0 Å². The van der Waals surface area contributed by atoms with Crippen molar-refractivity contribution in [1.82, 2.24) is 0 Å². The molecule has 0 aromatic heterocycles. The second kappa shape index (κ2) is 7.83. The van der Waals surface area contributed by atoms with Gasteiger partial charge in [-0.15, -0.1) is 0 Å². The van der Waals surface area contributed by atoms with Crippen LogP contribution in [-0.2, 0) is 21.6 Å². The fourth-order valence-corrected chi connectivity index (χ4v) is 2.24. The molecule has 0 spiro atoms. The molecule has 1 amide bonds. The first-order valence-electron chi connectivity index (χ1n) is 8.04. The predicted octanol–water partition coefficient (Wildman–Crippen LogP) is 3.21. The van der Waals surface area contributed by atoms with Crippen LogP contribution in [0.2, 0.25) is 0 Å². The molecule has 2 N–H and O–H groups in total. The number of carbonyl (C=O) groups excluding carboxylic acids is 2. The molecule has 0 radical (unpaired) electrons. The Hall–Kier alpha value is -2.82. The van der Waals surface area contributed by atoms with Crippen molar-refractivity contribution in [3.8, 4) is 5.75 Å². The summed E-state index contributed by atoms with van der Waals surface area (Å²) in [7, 11) is 0. The predicted molar refractivity (Wildman–Crippen MR) is 95.4 cm³/mol. The third-order valence-electron chi connectivity index (χ3n) is 3.72. The van der Waals surface area contributed by atoms with Gasteiger partial charge in [-0.2, -0.15) is 0 Å². The molecule has 0 fully saturated rings. The van der Waals surface area contributed by atoms with Gasteiger partial charge in [0.1, 0.15) is 12.4 Å². The van der Waals surface area contributed by atoms with Crippen LogP contribution in [0.5, 0.6) is 5.75 Å². The number of hydrogen-bond acceptors (Lipinski definition) is 4. The summed E-state index contributed by atoms with van der Waals surface area (Å²) in [5.74, 6) is -0.858. The number of nitrogens with two attached hydrogens (primary N) is 1. The Morgan fingerprint density at radius 3 is 2.24 bits per heavy atom. The molecule has 0 aliphatic heterocycles. The highest BCUT2D eigenvalue weighted by Gasteiger charge is 2.14. The van der Waals surface area contributed by atoms with Gasteiger partial charge in [-0.3, -0.25) is 4.79 Å². The topological polar surface area (TPSA) is 78.6 Å². The third-order valence-corrected chi connectivity index (χ3v) is 3.72. The first kappa shape index (κ1) is 18.5. The fraction of sp³-hybridized carbons (Fsp3) is 0.300. The van der Waals surface area contributed by atoms with Crippen molar-refractivity contribution in [1.29, 1.82) is 0 Å². The van der Waals surface area contributed by atoms with Crippen molar-refractivity contribution >= 4 is 11.9 Å². The monoisotopic (exact) mass is 341 g/mol. The lowest BCUT2D eigenvalue weighted by molar-refractivity contribution is -0.147. The molecule has 0 aliphatic carbocycles. The molecule has 2 aromatic rings. The van der Waals surface area contributed by atoms with Crippen molar-refractivity contribution in [3.63, 3.8) is 0 Å². The van der Waals surface area contributed by atoms with Crippen LogP contribution in [0.25, 0.3) is 0 Å². The van der Waals surface area contributed by atoms with Gasteiger partial charge in [0.15, 0.2) is 6.61 Å². The van der Waals surface area contributed by atoms with E-state index in [0.29, 0.717) is 0 Å². The van der Waals surface area contributed by atoms with E-state index in [2.05, 4.69) is 20.8 Å². The molecule has 0 unspecified atom stereocenters. The first-order chi connectivity index (χ1) is 11.8. The van der Waals surface area contributed by atoms with Crippen molar-refractivity contribution in [2.24, 2.45) is 5.73 Å². The minimum absolute atomic E-state index is 0.0802. The maximum atomic E-state index is 11.8. The summed E-state index contributed by atoms with van der Waals surface area (Å²) in [4.78, 5) is 23.1. The molecule has 0 saturated heterocycles. The van der Waals surface area contributed by atoms with E-state index in [0.717, 1.165) is 5.56 Å². The minimum Gasteiger partial charge on any atom is -0.481 e. The van der Waals surface area contributed by atoms with Gasteiger partial charge in [-0.05, 0) is 28.7 Å². The maximum absolute atomic E-state index is 11.8. The van der Waals surface area contributed by atoms with E-state index in [9.17, 15) is 9.59 Å². The van der Waals surface area contributed by atoms with Crippen LogP contribution in [0.1, 0.15) is 42.3 Å². The van der Waals surface area contributed by atoms with Gasteiger partial charge < -0.3 is 15.2 Å². The molecular weight excluding hydrogens is 318 g/mol. The zero-order valence-corrected chi connectivity index (χ0v) is 14.7. The van der Waals surface area contributed by atoms with Crippen molar-refractivity contribution in [2.45, 2.75) is 32.8 Å². The quantitative estimate of drug-likeness (QED) is 0.818. The summed E-state index contributed by atoms with van der Waals surface area (Å²) >= 11 is 0. The van der Waals surface area contributed by atoms with Crippen LogP contribution in [0.15, 0.2) is 48.5 Å². The van der Waals surface area contributed by atoms with Crippen molar-refractivity contribution in [2.75, 3.05) is 6.61 Å². The summed E-state index contributed by atoms with van der Waals surface area (Å²) < 4.78 is 10.5. The number of primary amides is 1. The summed E-state index contributed by atoms with van der Waals surface area (Å²) in [5, 5.41) is 0. The lowest BCUT2D eigenvalue weighted by Crippen LogP contribution is -2.18. The average Bonchev–Trinajstić information content (AvgIpc) is 2.58. The van der Waals surface area contributed by atoms with Gasteiger partial charge in [0.2, 0.25) is 0 Å². The molecule has 132 valence electrons. The fourth-order valence-electron chi connectivity index (χ4n) is 2.24. The van der Waals surface area contributed by atoms with Crippen LogP contribution >= 0.6 is 0 Å². The van der Waals surface area contributed by atoms with Gasteiger partial charge in [-0.1, -0.05) is 57.2 Å². The van der Waals surface area contributed by atoms with Gasteiger partial charge in [0.25, 0.3) is 5.91 Å². The highest BCUT2D eigenvalue weighted by molar-refractivity contribution is 5.95. The van der Waals surface area contributed by atoms with E-state index < -0.39 is 11.9 Å². The molecule has 5 nitrogen and oxygen atoms in total. The molecule has 0 bridgehead atoms. The third kappa shape index (κ3) is 5.35. The number of rotatable bonds is 6.